The summed E-state index contributed by atoms with van der Waals surface area (Å²) in [4.78, 5) is 12.3. The molecule has 2 N–H and O–H groups in total. The van der Waals surface area contributed by atoms with Gasteiger partial charge in [-0.3, -0.25) is 4.79 Å². The van der Waals surface area contributed by atoms with E-state index >= 15 is 0 Å². The van der Waals surface area contributed by atoms with Crippen molar-refractivity contribution < 1.29 is 9.18 Å². The number of aryl methyl sites for hydroxylation is 3. The van der Waals surface area contributed by atoms with Crippen molar-refractivity contribution in [2.75, 3.05) is 5.73 Å². The zero-order valence-electron chi connectivity index (χ0n) is 12.0. The number of anilines is 1. The average molecular weight is 271 g/mol. The SMILES string of the molecule is Cc1cc(C)c(CC(=O)c2cc(F)ccc2N)c(C)c1. The fourth-order valence-corrected chi connectivity index (χ4v) is 2.51. The Labute approximate surface area is 118 Å². The molecule has 0 saturated carbocycles. The maximum atomic E-state index is 13.2. The second-order valence-electron chi connectivity index (χ2n) is 5.21. The van der Waals surface area contributed by atoms with E-state index in [2.05, 4.69) is 0 Å². The predicted molar refractivity (Wildman–Crippen MR) is 79.5 cm³/mol. The van der Waals surface area contributed by atoms with Gasteiger partial charge in [-0.2, -0.15) is 0 Å². The van der Waals surface area contributed by atoms with E-state index in [1.165, 1.54) is 23.8 Å². The molecule has 2 aromatic rings. The summed E-state index contributed by atoms with van der Waals surface area (Å²) in [5, 5.41) is 0. The molecule has 0 unspecified atom stereocenters. The molecule has 20 heavy (non-hydrogen) atoms. The van der Waals surface area contributed by atoms with Crippen LogP contribution in [0.2, 0.25) is 0 Å². The first-order valence-corrected chi connectivity index (χ1v) is 6.53. The van der Waals surface area contributed by atoms with Gasteiger partial charge in [0.05, 0.1) is 0 Å². The largest absolute Gasteiger partial charge is 0.398 e. The lowest BCUT2D eigenvalue weighted by Crippen LogP contribution is -2.09. The number of Topliss-reactive ketones (excluding diaryl/α,β-unsaturated/α-hetero) is 1. The molecule has 0 aliphatic heterocycles. The summed E-state index contributed by atoms with van der Waals surface area (Å²) in [5.74, 6) is -0.600. The van der Waals surface area contributed by atoms with Crippen LogP contribution in [-0.4, -0.2) is 5.78 Å². The molecule has 0 aromatic heterocycles. The van der Waals surface area contributed by atoms with Gasteiger partial charge < -0.3 is 5.73 Å². The molecule has 0 amide bonds. The minimum absolute atomic E-state index is 0.156. The highest BCUT2D eigenvalue weighted by Crippen LogP contribution is 2.21. The van der Waals surface area contributed by atoms with Gasteiger partial charge in [-0.05, 0) is 55.7 Å². The highest BCUT2D eigenvalue weighted by molar-refractivity contribution is 6.02. The van der Waals surface area contributed by atoms with Crippen molar-refractivity contribution in [2.24, 2.45) is 0 Å². The number of rotatable bonds is 3. The first kappa shape index (κ1) is 14.3. The van der Waals surface area contributed by atoms with Gasteiger partial charge in [0.15, 0.2) is 5.78 Å². The monoisotopic (exact) mass is 271 g/mol. The molecule has 2 aromatic carbocycles. The molecule has 0 saturated heterocycles. The molecule has 0 heterocycles. The summed E-state index contributed by atoms with van der Waals surface area (Å²) < 4.78 is 13.2. The van der Waals surface area contributed by atoms with Crippen LogP contribution in [0.15, 0.2) is 30.3 Å². The summed E-state index contributed by atoms with van der Waals surface area (Å²) in [7, 11) is 0. The van der Waals surface area contributed by atoms with Crippen LogP contribution in [0.1, 0.15) is 32.6 Å². The van der Waals surface area contributed by atoms with E-state index in [4.69, 9.17) is 5.73 Å². The predicted octanol–water partition coefficient (Wildman–Crippen LogP) is 3.76. The minimum atomic E-state index is -0.445. The summed E-state index contributed by atoms with van der Waals surface area (Å²) in [6.07, 6.45) is 0.242. The second kappa shape index (κ2) is 5.45. The maximum Gasteiger partial charge on any atom is 0.169 e. The van der Waals surface area contributed by atoms with Crippen LogP contribution in [-0.2, 0) is 6.42 Å². The summed E-state index contributed by atoms with van der Waals surface area (Å²) in [6.45, 7) is 5.99. The number of halogens is 1. The van der Waals surface area contributed by atoms with Crippen molar-refractivity contribution in [2.45, 2.75) is 27.2 Å². The van der Waals surface area contributed by atoms with Gasteiger partial charge in [-0.15, -0.1) is 0 Å². The van der Waals surface area contributed by atoms with Gasteiger partial charge in [-0.25, -0.2) is 4.39 Å². The lowest BCUT2D eigenvalue weighted by molar-refractivity contribution is 0.0993. The van der Waals surface area contributed by atoms with Gasteiger partial charge in [0.2, 0.25) is 0 Å². The summed E-state index contributed by atoms with van der Waals surface area (Å²) >= 11 is 0. The number of benzene rings is 2. The van der Waals surface area contributed by atoms with E-state index in [0.717, 1.165) is 16.7 Å². The van der Waals surface area contributed by atoms with Crippen molar-refractivity contribution >= 4 is 11.5 Å². The first-order valence-electron chi connectivity index (χ1n) is 6.53. The number of nitrogens with two attached hydrogens (primary N) is 1. The molecule has 0 aliphatic carbocycles. The summed E-state index contributed by atoms with van der Waals surface area (Å²) in [5.41, 5.74) is 10.6. The number of nitrogen functional groups attached to an aromatic ring is 1. The van der Waals surface area contributed by atoms with Crippen LogP contribution in [0.4, 0.5) is 10.1 Å². The van der Waals surface area contributed by atoms with Crippen molar-refractivity contribution in [1.29, 1.82) is 0 Å². The molecule has 0 bridgehead atoms. The number of hydrogen-bond acceptors (Lipinski definition) is 2. The highest BCUT2D eigenvalue weighted by atomic mass is 19.1. The van der Waals surface area contributed by atoms with Crippen LogP contribution >= 0.6 is 0 Å². The van der Waals surface area contributed by atoms with Crippen LogP contribution < -0.4 is 5.73 Å². The normalized spacial score (nSPS) is 10.6. The van der Waals surface area contributed by atoms with Crippen molar-refractivity contribution in [1.82, 2.24) is 0 Å². The maximum absolute atomic E-state index is 13.2. The lowest BCUT2D eigenvalue weighted by atomic mass is 9.93. The molecular weight excluding hydrogens is 253 g/mol. The Morgan fingerprint density at radius 1 is 1.10 bits per heavy atom. The molecule has 104 valence electrons. The van der Waals surface area contributed by atoms with Crippen molar-refractivity contribution in [3.63, 3.8) is 0 Å². The molecular formula is C17H18FNO. The Hall–Kier alpha value is -2.16. The minimum Gasteiger partial charge on any atom is -0.398 e. The third kappa shape index (κ3) is 2.87. The molecule has 0 spiro atoms. The fourth-order valence-electron chi connectivity index (χ4n) is 2.51. The van der Waals surface area contributed by atoms with Gasteiger partial charge in [0.1, 0.15) is 5.82 Å². The van der Waals surface area contributed by atoms with Gasteiger partial charge in [0.25, 0.3) is 0 Å². The third-order valence-electron chi connectivity index (χ3n) is 3.49. The Balaban J connectivity index is 2.35. The average Bonchev–Trinajstić information content (AvgIpc) is 2.36. The van der Waals surface area contributed by atoms with E-state index in [9.17, 15) is 9.18 Å². The molecule has 0 aliphatic rings. The quantitative estimate of drug-likeness (QED) is 0.682. The summed E-state index contributed by atoms with van der Waals surface area (Å²) in [6, 6.07) is 7.98. The standard InChI is InChI=1S/C17H18FNO/c1-10-6-11(2)14(12(3)7-10)9-17(20)15-8-13(18)4-5-16(15)19/h4-8H,9,19H2,1-3H3. The zero-order chi connectivity index (χ0) is 14.9. The molecule has 3 heteroatoms. The van der Waals surface area contributed by atoms with Crippen LogP contribution in [0.25, 0.3) is 0 Å². The Kier molecular flexibility index (Phi) is 3.89. The van der Waals surface area contributed by atoms with Crippen LogP contribution in [0.3, 0.4) is 0 Å². The molecule has 2 rings (SSSR count). The third-order valence-corrected chi connectivity index (χ3v) is 3.49. The molecule has 0 fully saturated rings. The first-order chi connectivity index (χ1) is 9.38. The smallest absolute Gasteiger partial charge is 0.169 e. The van der Waals surface area contributed by atoms with E-state index in [1.807, 2.05) is 32.9 Å². The van der Waals surface area contributed by atoms with Crippen molar-refractivity contribution in [3.05, 3.63) is 64.0 Å². The van der Waals surface area contributed by atoms with E-state index in [1.54, 1.807) is 0 Å². The van der Waals surface area contributed by atoms with E-state index in [0.29, 0.717) is 5.69 Å². The Morgan fingerprint density at radius 2 is 1.70 bits per heavy atom. The Bertz CT molecular complexity index is 654. The Morgan fingerprint density at radius 3 is 2.30 bits per heavy atom. The number of hydrogen-bond donors (Lipinski definition) is 1. The van der Waals surface area contributed by atoms with Crippen LogP contribution in [0, 0.1) is 26.6 Å². The molecule has 0 radical (unpaired) electrons. The lowest BCUT2D eigenvalue weighted by Gasteiger charge is -2.11. The fraction of sp³-hybridized carbons (Fsp3) is 0.235. The molecule has 2 nitrogen and oxygen atoms in total. The highest BCUT2D eigenvalue weighted by Gasteiger charge is 2.14. The van der Waals surface area contributed by atoms with Gasteiger partial charge >= 0.3 is 0 Å². The molecule has 0 atom stereocenters. The van der Waals surface area contributed by atoms with Gasteiger partial charge in [0, 0.05) is 17.7 Å². The van der Waals surface area contributed by atoms with Crippen molar-refractivity contribution in [3.8, 4) is 0 Å². The number of carbonyl (C=O) groups excluding carboxylic acids is 1. The number of carbonyl (C=O) groups is 1. The zero-order valence-corrected chi connectivity index (χ0v) is 12.0. The topological polar surface area (TPSA) is 43.1 Å². The van der Waals surface area contributed by atoms with E-state index in [-0.39, 0.29) is 17.8 Å². The number of ketones is 1. The van der Waals surface area contributed by atoms with Crippen LogP contribution in [0.5, 0.6) is 0 Å². The van der Waals surface area contributed by atoms with Gasteiger partial charge in [-0.1, -0.05) is 17.7 Å². The second-order valence-corrected chi connectivity index (χ2v) is 5.21. The van der Waals surface area contributed by atoms with E-state index < -0.39 is 5.82 Å².